The van der Waals surface area contributed by atoms with Gasteiger partial charge in [0.1, 0.15) is 6.54 Å². The number of amides is 1. The van der Waals surface area contributed by atoms with Crippen molar-refractivity contribution in [2.75, 3.05) is 19.7 Å². The van der Waals surface area contributed by atoms with Crippen LogP contribution in [0.4, 0.5) is 0 Å². The van der Waals surface area contributed by atoms with Crippen LogP contribution in [0.5, 0.6) is 0 Å². The van der Waals surface area contributed by atoms with Gasteiger partial charge in [-0.25, -0.2) is 4.98 Å². The third kappa shape index (κ3) is 3.59. The Bertz CT molecular complexity index is 924. The summed E-state index contributed by atoms with van der Waals surface area (Å²) in [5.41, 5.74) is 2.93. The lowest BCUT2D eigenvalue weighted by Crippen LogP contribution is -2.47. The average Bonchev–Trinajstić information content (AvgIpc) is 3.07. The lowest BCUT2D eigenvalue weighted by atomic mass is 10.1. The number of imidazole rings is 1. The van der Waals surface area contributed by atoms with Gasteiger partial charge in [0, 0.05) is 24.5 Å². The molecule has 0 radical (unpaired) electrons. The lowest BCUT2D eigenvalue weighted by Gasteiger charge is -2.33. The van der Waals surface area contributed by atoms with Crippen LogP contribution in [0.15, 0.2) is 54.9 Å². The second-order valence-corrected chi connectivity index (χ2v) is 6.90. The topological polar surface area (TPSA) is 47.4 Å². The fraction of sp³-hybridized carbons (Fsp3) is 0.300. The molecule has 3 aromatic rings. The number of benzene rings is 2. The maximum atomic E-state index is 12.8. The first-order valence-electron chi connectivity index (χ1n) is 8.73. The Hall–Kier alpha value is -2.37. The highest BCUT2D eigenvalue weighted by atomic mass is 35.5. The second kappa shape index (κ2) is 7.48. The zero-order valence-electron chi connectivity index (χ0n) is 14.3. The predicted molar refractivity (Wildman–Crippen MR) is 101 cm³/mol. The number of hydrogen-bond acceptors (Lipinski definition) is 3. The van der Waals surface area contributed by atoms with E-state index in [9.17, 15) is 4.79 Å². The first-order valence-corrected chi connectivity index (χ1v) is 9.11. The highest BCUT2D eigenvalue weighted by Gasteiger charge is 2.25. The average molecular weight is 370 g/mol. The molecule has 4 rings (SSSR count). The number of carbonyl (C=O) groups is 1. The van der Waals surface area contributed by atoms with Crippen molar-refractivity contribution in [1.82, 2.24) is 14.5 Å². The van der Waals surface area contributed by atoms with E-state index in [4.69, 9.17) is 16.3 Å². The molecular weight excluding hydrogens is 350 g/mol. The SMILES string of the molecule is O=C(Cn1cnc2ccccc21)N1CCOC(Cc2ccccc2Cl)C1. The van der Waals surface area contributed by atoms with E-state index in [2.05, 4.69) is 4.98 Å². The van der Waals surface area contributed by atoms with Gasteiger partial charge >= 0.3 is 0 Å². The van der Waals surface area contributed by atoms with Crippen LogP contribution in [0, 0.1) is 0 Å². The molecule has 1 aliphatic heterocycles. The summed E-state index contributed by atoms with van der Waals surface area (Å²) in [6.45, 7) is 2.03. The Kier molecular flexibility index (Phi) is 4.91. The molecule has 134 valence electrons. The maximum absolute atomic E-state index is 12.8. The molecule has 0 saturated carbocycles. The van der Waals surface area contributed by atoms with Crippen LogP contribution in [0.3, 0.4) is 0 Å². The zero-order valence-corrected chi connectivity index (χ0v) is 15.1. The highest BCUT2D eigenvalue weighted by Crippen LogP contribution is 2.20. The molecule has 1 fully saturated rings. The van der Waals surface area contributed by atoms with Crippen molar-refractivity contribution in [3.63, 3.8) is 0 Å². The van der Waals surface area contributed by atoms with E-state index < -0.39 is 0 Å². The lowest BCUT2D eigenvalue weighted by molar-refractivity contribution is -0.139. The number of nitrogens with zero attached hydrogens (tertiary/aromatic N) is 3. The standard InChI is InChI=1S/C20H20ClN3O2/c21-17-6-2-1-5-15(17)11-16-12-23(9-10-26-16)20(25)13-24-14-22-18-7-3-4-8-19(18)24/h1-8,14,16H,9-13H2. The van der Waals surface area contributed by atoms with E-state index in [1.807, 2.05) is 58.0 Å². The van der Waals surface area contributed by atoms with Crippen molar-refractivity contribution < 1.29 is 9.53 Å². The fourth-order valence-corrected chi connectivity index (χ4v) is 3.57. The number of carbonyl (C=O) groups excluding carboxylic acids is 1. The molecule has 1 aliphatic rings. The minimum Gasteiger partial charge on any atom is -0.374 e. The Balaban J connectivity index is 1.42. The summed E-state index contributed by atoms with van der Waals surface area (Å²) < 4.78 is 7.75. The number of halogens is 1. The zero-order chi connectivity index (χ0) is 17.9. The van der Waals surface area contributed by atoms with Crippen LogP contribution >= 0.6 is 11.6 Å². The summed E-state index contributed by atoms with van der Waals surface area (Å²) in [4.78, 5) is 19.0. The van der Waals surface area contributed by atoms with Crippen molar-refractivity contribution >= 4 is 28.5 Å². The predicted octanol–water partition coefficient (Wildman–Crippen LogP) is 3.16. The summed E-state index contributed by atoms with van der Waals surface area (Å²) in [6, 6.07) is 15.6. The monoisotopic (exact) mass is 369 g/mol. The normalized spacial score (nSPS) is 17.6. The summed E-state index contributed by atoms with van der Waals surface area (Å²) in [5.74, 6) is 0.0839. The Morgan fingerprint density at radius 1 is 1.19 bits per heavy atom. The molecule has 1 aromatic heterocycles. The summed E-state index contributed by atoms with van der Waals surface area (Å²) >= 11 is 6.25. The molecule has 1 saturated heterocycles. The van der Waals surface area contributed by atoms with Gasteiger partial charge in [0.2, 0.25) is 5.91 Å². The Labute approximate surface area is 157 Å². The van der Waals surface area contributed by atoms with Gasteiger partial charge in [-0.3, -0.25) is 4.79 Å². The molecule has 0 spiro atoms. The largest absolute Gasteiger partial charge is 0.374 e. The molecule has 1 unspecified atom stereocenters. The number of fused-ring (bicyclic) bond motifs is 1. The molecule has 6 heteroatoms. The molecule has 1 atom stereocenters. The number of aromatic nitrogens is 2. The van der Waals surface area contributed by atoms with Crippen molar-refractivity contribution in [2.45, 2.75) is 19.1 Å². The van der Waals surface area contributed by atoms with E-state index >= 15 is 0 Å². The summed E-state index contributed by atoms with van der Waals surface area (Å²) in [5, 5.41) is 0.740. The third-order valence-corrected chi connectivity index (χ3v) is 5.10. The molecule has 2 heterocycles. The van der Waals surface area contributed by atoms with Gasteiger partial charge in [-0.05, 0) is 23.8 Å². The van der Waals surface area contributed by atoms with E-state index in [0.29, 0.717) is 32.7 Å². The van der Waals surface area contributed by atoms with Crippen LogP contribution in [-0.2, 0) is 22.5 Å². The van der Waals surface area contributed by atoms with Crippen LogP contribution < -0.4 is 0 Å². The summed E-state index contributed by atoms with van der Waals surface area (Å²) in [7, 11) is 0. The first-order chi connectivity index (χ1) is 12.7. The minimum absolute atomic E-state index is 0.0351. The van der Waals surface area contributed by atoms with Gasteiger partial charge in [0.25, 0.3) is 0 Å². The molecule has 26 heavy (non-hydrogen) atoms. The van der Waals surface area contributed by atoms with Gasteiger partial charge in [-0.1, -0.05) is 41.9 Å². The van der Waals surface area contributed by atoms with Crippen LogP contribution in [0.2, 0.25) is 5.02 Å². The fourth-order valence-electron chi connectivity index (χ4n) is 3.36. The van der Waals surface area contributed by atoms with E-state index in [-0.39, 0.29) is 12.0 Å². The van der Waals surface area contributed by atoms with E-state index in [1.54, 1.807) is 6.33 Å². The molecule has 1 amide bonds. The van der Waals surface area contributed by atoms with Crippen molar-refractivity contribution in [2.24, 2.45) is 0 Å². The number of rotatable bonds is 4. The van der Waals surface area contributed by atoms with E-state index in [0.717, 1.165) is 21.6 Å². The van der Waals surface area contributed by atoms with Crippen LogP contribution in [-0.4, -0.2) is 46.2 Å². The second-order valence-electron chi connectivity index (χ2n) is 6.49. The van der Waals surface area contributed by atoms with Gasteiger partial charge in [-0.15, -0.1) is 0 Å². The third-order valence-electron chi connectivity index (χ3n) is 4.73. The summed E-state index contributed by atoms with van der Waals surface area (Å²) in [6.07, 6.45) is 2.40. The minimum atomic E-state index is -0.0351. The molecule has 0 N–H and O–H groups in total. The number of ether oxygens (including phenoxy) is 1. The van der Waals surface area contributed by atoms with Gasteiger partial charge in [0.05, 0.1) is 30.1 Å². The number of hydrogen-bond donors (Lipinski definition) is 0. The molecule has 0 bridgehead atoms. The van der Waals surface area contributed by atoms with Crippen molar-refractivity contribution in [1.29, 1.82) is 0 Å². The van der Waals surface area contributed by atoms with Gasteiger partial charge < -0.3 is 14.2 Å². The first kappa shape index (κ1) is 17.1. The van der Waals surface area contributed by atoms with E-state index in [1.165, 1.54) is 0 Å². The molecule has 0 aliphatic carbocycles. The Morgan fingerprint density at radius 3 is 2.88 bits per heavy atom. The van der Waals surface area contributed by atoms with Crippen LogP contribution in [0.25, 0.3) is 11.0 Å². The maximum Gasteiger partial charge on any atom is 0.242 e. The molecule has 5 nitrogen and oxygen atoms in total. The smallest absolute Gasteiger partial charge is 0.242 e. The van der Waals surface area contributed by atoms with Gasteiger partial charge in [0.15, 0.2) is 0 Å². The number of para-hydroxylation sites is 2. The molecule has 2 aromatic carbocycles. The number of morpholine rings is 1. The van der Waals surface area contributed by atoms with Crippen molar-refractivity contribution in [3.05, 3.63) is 65.4 Å². The Morgan fingerprint density at radius 2 is 2.00 bits per heavy atom. The van der Waals surface area contributed by atoms with Gasteiger partial charge in [-0.2, -0.15) is 0 Å². The van der Waals surface area contributed by atoms with Crippen LogP contribution in [0.1, 0.15) is 5.56 Å². The van der Waals surface area contributed by atoms with Crippen molar-refractivity contribution in [3.8, 4) is 0 Å². The molecular formula is C20H20ClN3O2. The highest BCUT2D eigenvalue weighted by molar-refractivity contribution is 6.31. The quantitative estimate of drug-likeness (QED) is 0.709.